The van der Waals surface area contributed by atoms with Crippen molar-refractivity contribution in [2.24, 2.45) is 0 Å². The van der Waals surface area contributed by atoms with Gasteiger partial charge in [-0.2, -0.15) is 5.10 Å². The predicted octanol–water partition coefficient (Wildman–Crippen LogP) is 5.64. The molecule has 178 valence electrons. The largest absolute Gasteiger partial charge is 0.492 e. The number of hydrogen-bond acceptors (Lipinski definition) is 6. The van der Waals surface area contributed by atoms with Gasteiger partial charge < -0.3 is 9.47 Å². The van der Waals surface area contributed by atoms with Gasteiger partial charge in [-0.25, -0.2) is 4.98 Å². The summed E-state index contributed by atoms with van der Waals surface area (Å²) in [6.45, 7) is 11.4. The van der Waals surface area contributed by atoms with Crippen molar-refractivity contribution in [2.75, 3.05) is 18.1 Å². The lowest BCUT2D eigenvalue weighted by atomic mass is 10.2. The molecule has 8 heteroatoms. The number of fused-ring (bicyclic) bond motifs is 1. The first kappa shape index (κ1) is 23.8. The summed E-state index contributed by atoms with van der Waals surface area (Å²) in [6.07, 6.45) is 0.0705. The summed E-state index contributed by atoms with van der Waals surface area (Å²) in [5, 5.41) is 5.19. The second-order valence-electron chi connectivity index (χ2n) is 8.33. The van der Waals surface area contributed by atoms with Gasteiger partial charge in [0.2, 0.25) is 0 Å². The van der Waals surface area contributed by atoms with E-state index in [0.29, 0.717) is 30.4 Å². The second kappa shape index (κ2) is 10.3. The van der Waals surface area contributed by atoms with Gasteiger partial charge in [0.25, 0.3) is 5.91 Å². The monoisotopic (exact) mass is 478 g/mol. The Bertz CT molecular complexity index is 1280. The molecule has 0 unspecified atom stereocenters. The van der Waals surface area contributed by atoms with Crippen LogP contribution in [0.25, 0.3) is 10.2 Å². The third-order valence-electron chi connectivity index (χ3n) is 5.26. The summed E-state index contributed by atoms with van der Waals surface area (Å²) in [7, 11) is 0. The Balaban J connectivity index is 1.68. The summed E-state index contributed by atoms with van der Waals surface area (Å²) >= 11 is 1.48. The molecular formula is C26H30N4O3S. The van der Waals surface area contributed by atoms with E-state index >= 15 is 0 Å². The molecule has 2 heterocycles. The maximum absolute atomic E-state index is 13.7. The van der Waals surface area contributed by atoms with Crippen LogP contribution in [0.5, 0.6) is 11.5 Å². The first-order valence-corrected chi connectivity index (χ1v) is 12.3. The number of carbonyl (C=O) groups is 1. The summed E-state index contributed by atoms with van der Waals surface area (Å²) in [6, 6.07) is 15.2. The van der Waals surface area contributed by atoms with E-state index in [9.17, 15) is 4.79 Å². The van der Waals surface area contributed by atoms with Crippen molar-refractivity contribution in [3.05, 3.63) is 65.5 Å². The van der Waals surface area contributed by atoms with Crippen LogP contribution in [0.4, 0.5) is 5.13 Å². The highest BCUT2D eigenvalue weighted by atomic mass is 32.1. The molecule has 0 aliphatic heterocycles. The maximum atomic E-state index is 13.7. The van der Waals surface area contributed by atoms with E-state index in [0.717, 1.165) is 33.1 Å². The Morgan fingerprint density at radius 1 is 1.15 bits per heavy atom. The van der Waals surface area contributed by atoms with Gasteiger partial charge in [-0.15, -0.1) is 0 Å². The Labute approximate surface area is 203 Å². The predicted molar refractivity (Wildman–Crippen MR) is 136 cm³/mol. The van der Waals surface area contributed by atoms with E-state index in [1.807, 2.05) is 75.7 Å². The minimum Gasteiger partial charge on any atom is -0.492 e. The number of rotatable bonds is 9. The Morgan fingerprint density at radius 3 is 2.56 bits per heavy atom. The summed E-state index contributed by atoms with van der Waals surface area (Å²) in [5.74, 6) is 1.35. The highest BCUT2D eigenvalue weighted by molar-refractivity contribution is 7.22. The van der Waals surface area contributed by atoms with E-state index in [1.165, 1.54) is 11.3 Å². The molecule has 2 aromatic heterocycles. The van der Waals surface area contributed by atoms with Gasteiger partial charge >= 0.3 is 0 Å². The molecule has 0 radical (unpaired) electrons. The van der Waals surface area contributed by atoms with Crippen LogP contribution in [-0.4, -0.2) is 39.9 Å². The van der Waals surface area contributed by atoms with E-state index in [2.05, 4.69) is 5.10 Å². The normalized spacial score (nSPS) is 11.2. The zero-order valence-corrected chi connectivity index (χ0v) is 21.1. The lowest BCUT2D eigenvalue weighted by molar-refractivity contribution is 0.0985. The van der Waals surface area contributed by atoms with Crippen LogP contribution < -0.4 is 14.4 Å². The molecule has 0 saturated carbocycles. The molecule has 34 heavy (non-hydrogen) atoms. The van der Waals surface area contributed by atoms with Crippen molar-refractivity contribution in [3.63, 3.8) is 0 Å². The minimum atomic E-state index is -0.116. The SMILES string of the molecule is CCOc1cccc2sc(N(CCn3nc(C)cc3C)C(=O)c3ccc(OC(C)C)cc3)nc12. The zero-order valence-electron chi connectivity index (χ0n) is 20.2. The summed E-state index contributed by atoms with van der Waals surface area (Å²) < 4.78 is 14.4. The minimum absolute atomic E-state index is 0.0705. The Morgan fingerprint density at radius 2 is 1.91 bits per heavy atom. The number of aromatic nitrogens is 3. The molecule has 0 aliphatic carbocycles. The lowest BCUT2D eigenvalue weighted by Crippen LogP contribution is -2.34. The van der Waals surface area contributed by atoms with Crippen molar-refractivity contribution < 1.29 is 14.3 Å². The summed E-state index contributed by atoms with van der Waals surface area (Å²) in [5.41, 5.74) is 3.36. The van der Waals surface area contributed by atoms with Crippen LogP contribution in [0.2, 0.25) is 0 Å². The van der Waals surface area contributed by atoms with Crippen molar-refractivity contribution in [1.29, 1.82) is 0 Å². The zero-order chi connectivity index (χ0) is 24.2. The van der Waals surface area contributed by atoms with Crippen LogP contribution in [-0.2, 0) is 6.54 Å². The molecule has 1 amide bonds. The van der Waals surface area contributed by atoms with Crippen molar-refractivity contribution in [1.82, 2.24) is 14.8 Å². The topological polar surface area (TPSA) is 69.5 Å². The van der Waals surface area contributed by atoms with Crippen LogP contribution in [0, 0.1) is 13.8 Å². The number of carbonyl (C=O) groups excluding carboxylic acids is 1. The van der Waals surface area contributed by atoms with E-state index in [-0.39, 0.29) is 12.0 Å². The van der Waals surface area contributed by atoms with E-state index < -0.39 is 0 Å². The highest BCUT2D eigenvalue weighted by Crippen LogP contribution is 2.35. The highest BCUT2D eigenvalue weighted by Gasteiger charge is 2.23. The fourth-order valence-corrected chi connectivity index (χ4v) is 4.79. The molecular weight excluding hydrogens is 448 g/mol. The van der Waals surface area contributed by atoms with E-state index in [1.54, 1.807) is 17.0 Å². The first-order valence-electron chi connectivity index (χ1n) is 11.5. The van der Waals surface area contributed by atoms with Gasteiger partial charge in [0.1, 0.15) is 17.0 Å². The average molecular weight is 479 g/mol. The van der Waals surface area contributed by atoms with E-state index in [4.69, 9.17) is 14.5 Å². The number of thiazole rings is 1. The van der Waals surface area contributed by atoms with Gasteiger partial charge in [-0.3, -0.25) is 14.4 Å². The van der Waals surface area contributed by atoms with Gasteiger partial charge in [0.15, 0.2) is 5.13 Å². The van der Waals surface area contributed by atoms with Gasteiger partial charge in [0.05, 0.1) is 29.6 Å². The molecule has 0 N–H and O–H groups in total. The first-order chi connectivity index (χ1) is 16.4. The number of anilines is 1. The molecule has 0 saturated heterocycles. The van der Waals surface area contributed by atoms with Crippen molar-refractivity contribution >= 4 is 32.6 Å². The fraction of sp³-hybridized carbons (Fsp3) is 0.346. The molecule has 4 aromatic rings. The molecule has 7 nitrogen and oxygen atoms in total. The van der Waals surface area contributed by atoms with Gasteiger partial charge in [-0.1, -0.05) is 17.4 Å². The third-order valence-corrected chi connectivity index (χ3v) is 6.30. The van der Waals surface area contributed by atoms with Crippen molar-refractivity contribution in [2.45, 2.75) is 47.3 Å². The summed E-state index contributed by atoms with van der Waals surface area (Å²) in [4.78, 5) is 20.2. The second-order valence-corrected chi connectivity index (χ2v) is 9.34. The number of para-hydroxylation sites is 1. The smallest absolute Gasteiger partial charge is 0.260 e. The fourth-order valence-electron chi connectivity index (χ4n) is 3.78. The number of hydrogen-bond donors (Lipinski definition) is 0. The molecule has 0 aliphatic rings. The average Bonchev–Trinajstić information content (AvgIpc) is 3.37. The molecule has 0 bridgehead atoms. The molecule has 0 atom stereocenters. The Kier molecular flexibility index (Phi) is 7.17. The lowest BCUT2D eigenvalue weighted by Gasteiger charge is -2.20. The van der Waals surface area contributed by atoms with Crippen LogP contribution in [0.1, 0.15) is 42.5 Å². The molecule has 0 spiro atoms. The number of benzene rings is 2. The number of ether oxygens (including phenoxy) is 2. The maximum Gasteiger partial charge on any atom is 0.260 e. The van der Waals surface area contributed by atoms with Gasteiger partial charge in [0, 0.05) is 17.8 Å². The Hall–Kier alpha value is -3.39. The molecule has 4 rings (SSSR count). The third kappa shape index (κ3) is 5.22. The van der Waals surface area contributed by atoms with Crippen LogP contribution in [0.15, 0.2) is 48.5 Å². The van der Waals surface area contributed by atoms with Crippen molar-refractivity contribution in [3.8, 4) is 11.5 Å². The van der Waals surface area contributed by atoms with Gasteiger partial charge in [-0.05, 0) is 77.1 Å². The quantitative estimate of drug-likeness (QED) is 0.311. The van der Waals surface area contributed by atoms with Crippen LogP contribution >= 0.6 is 11.3 Å². The number of nitrogens with zero attached hydrogens (tertiary/aromatic N) is 4. The molecule has 0 fully saturated rings. The molecule has 2 aromatic carbocycles. The number of amides is 1. The standard InChI is InChI=1S/C26H30N4O3S/c1-6-32-22-8-7-9-23-24(22)27-26(34-23)29(14-15-30-19(5)16-18(4)28-30)25(31)20-10-12-21(13-11-20)33-17(2)3/h7-13,16-17H,6,14-15H2,1-5H3. The van der Waals surface area contributed by atoms with Crippen LogP contribution in [0.3, 0.4) is 0 Å². The number of aryl methyl sites for hydroxylation is 2.